The first-order valence-corrected chi connectivity index (χ1v) is 7.50. The molecule has 0 saturated heterocycles. The lowest BCUT2D eigenvalue weighted by molar-refractivity contribution is -0.121. The average Bonchev–Trinajstić information content (AvgIpc) is 2.56. The molecule has 0 heterocycles. The minimum absolute atomic E-state index is 0. The van der Waals surface area contributed by atoms with Gasteiger partial charge in [-0.15, -0.1) is 24.8 Å². The smallest absolute Gasteiger partial charge is 0.221 e. The first-order chi connectivity index (χ1) is 10.7. The van der Waals surface area contributed by atoms with Crippen LogP contribution < -0.4 is 16.0 Å². The van der Waals surface area contributed by atoms with Crippen LogP contribution in [-0.2, 0) is 4.79 Å². The van der Waals surface area contributed by atoms with Crippen LogP contribution in [0.3, 0.4) is 0 Å². The normalized spacial score (nSPS) is 10.8. The number of halogens is 2. The molecule has 0 bridgehead atoms. The summed E-state index contributed by atoms with van der Waals surface area (Å²) in [5.74, 6) is -0.0159. The van der Waals surface area contributed by atoms with Gasteiger partial charge in [0.25, 0.3) is 0 Å². The molecule has 0 aromatic heterocycles. The number of hydrogen-bond acceptors (Lipinski definition) is 3. The Morgan fingerprint density at radius 2 is 1.58 bits per heavy atom. The Morgan fingerprint density at radius 3 is 2.17 bits per heavy atom. The molecule has 0 radical (unpaired) electrons. The zero-order chi connectivity index (χ0) is 15.8. The molecule has 0 spiro atoms. The van der Waals surface area contributed by atoms with E-state index in [1.807, 2.05) is 67.7 Å². The molecule has 24 heavy (non-hydrogen) atoms. The monoisotopic (exact) mass is 369 g/mol. The van der Waals surface area contributed by atoms with Gasteiger partial charge in [0.05, 0.1) is 0 Å². The summed E-state index contributed by atoms with van der Waals surface area (Å²) in [5, 5.41) is 2.92. The zero-order valence-corrected chi connectivity index (χ0v) is 15.4. The minimum atomic E-state index is -0.256. The molecular weight excluding hydrogens is 345 g/mol. The van der Waals surface area contributed by atoms with Crippen LogP contribution in [0.4, 0.5) is 5.69 Å². The van der Waals surface area contributed by atoms with Crippen molar-refractivity contribution in [3.05, 3.63) is 66.2 Å². The van der Waals surface area contributed by atoms with Crippen molar-refractivity contribution in [1.82, 2.24) is 5.32 Å². The first-order valence-electron chi connectivity index (χ1n) is 7.50. The third kappa shape index (κ3) is 7.21. The molecule has 4 nitrogen and oxygen atoms in total. The van der Waals surface area contributed by atoms with Gasteiger partial charge in [0.15, 0.2) is 0 Å². The summed E-state index contributed by atoms with van der Waals surface area (Å²) >= 11 is 0. The predicted octanol–water partition coefficient (Wildman–Crippen LogP) is 3.17. The highest BCUT2D eigenvalue weighted by atomic mass is 35.5. The van der Waals surface area contributed by atoms with Gasteiger partial charge in [-0.2, -0.15) is 0 Å². The van der Waals surface area contributed by atoms with E-state index in [-0.39, 0.29) is 36.8 Å². The van der Waals surface area contributed by atoms with Crippen molar-refractivity contribution in [2.75, 3.05) is 25.0 Å². The van der Waals surface area contributed by atoms with Gasteiger partial charge < -0.3 is 16.0 Å². The van der Waals surface area contributed by atoms with Crippen LogP contribution in [0.25, 0.3) is 0 Å². The molecule has 132 valence electrons. The molecule has 2 rings (SSSR count). The van der Waals surface area contributed by atoms with E-state index in [0.717, 1.165) is 17.8 Å². The van der Waals surface area contributed by atoms with Crippen molar-refractivity contribution in [2.45, 2.75) is 12.5 Å². The molecule has 2 aromatic carbocycles. The molecule has 2 aromatic rings. The van der Waals surface area contributed by atoms with Gasteiger partial charge in [0.1, 0.15) is 0 Å². The standard InChI is InChI=1S/C18H23N3O.2ClH/c1-21(16-10-6-3-7-11-16)13-12-20-18(22)14-17(19)15-8-4-2-5-9-15;;/h2-11,17H,12-14,19H2,1H3,(H,20,22);2*1H. The number of nitrogens with two attached hydrogens (primary N) is 1. The molecule has 0 fully saturated rings. The van der Waals surface area contributed by atoms with Crippen LogP contribution in [0.5, 0.6) is 0 Å². The number of carbonyl (C=O) groups excluding carboxylic acids is 1. The Hall–Kier alpha value is -1.75. The fraction of sp³-hybridized carbons (Fsp3) is 0.278. The zero-order valence-electron chi connectivity index (χ0n) is 13.7. The van der Waals surface area contributed by atoms with Crippen molar-refractivity contribution < 1.29 is 4.79 Å². The maximum atomic E-state index is 11.9. The first kappa shape index (κ1) is 22.2. The van der Waals surface area contributed by atoms with E-state index in [1.54, 1.807) is 0 Å². The Bertz CT molecular complexity index is 581. The molecule has 0 aliphatic heterocycles. The van der Waals surface area contributed by atoms with Gasteiger partial charge >= 0.3 is 0 Å². The van der Waals surface area contributed by atoms with Gasteiger partial charge in [-0.3, -0.25) is 4.79 Å². The number of para-hydroxylation sites is 1. The maximum absolute atomic E-state index is 11.9. The highest BCUT2D eigenvalue weighted by Crippen LogP contribution is 2.13. The fourth-order valence-corrected chi connectivity index (χ4v) is 2.26. The van der Waals surface area contributed by atoms with Crippen LogP contribution in [0.1, 0.15) is 18.0 Å². The topological polar surface area (TPSA) is 58.4 Å². The number of hydrogen-bond donors (Lipinski definition) is 2. The molecular formula is C18H25Cl2N3O. The Kier molecular flexibility index (Phi) is 10.9. The SMILES string of the molecule is CN(CCNC(=O)CC(N)c1ccccc1)c1ccccc1.Cl.Cl. The molecule has 0 saturated carbocycles. The highest BCUT2D eigenvalue weighted by Gasteiger charge is 2.11. The van der Waals surface area contributed by atoms with Crippen LogP contribution in [0.15, 0.2) is 60.7 Å². The van der Waals surface area contributed by atoms with E-state index in [2.05, 4.69) is 10.2 Å². The number of nitrogens with zero attached hydrogens (tertiary/aromatic N) is 1. The lowest BCUT2D eigenvalue weighted by atomic mass is 10.0. The van der Waals surface area contributed by atoms with Crippen molar-refractivity contribution in [1.29, 1.82) is 0 Å². The van der Waals surface area contributed by atoms with Crippen molar-refractivity contribution in [3.8, 4) is 0 Å². The predicted molar refractivity (Wildman–Crippen MR) is 105 cm³/mol. The van der Waals surface area contributed by atoms with E-state index in [1.165, 1.54) is 0 Å². The Morgan fingerprint density at radius 1 is 1.04 bits per heavy atom. The van der Waals surface area contributed by atoms with Gasteiger partial charge in [-0.1, -0.05) is 48.5 Å². The summed E-state index contributed by atoms with van der Waals surface area (Å²) in [6.45, 7) is 1.36. The highest BCUT2D eigenvalue weighted by molar-refractivity contribution is 5.85. The number of nitrogens with one attached hydrogen (secondary N) is 1. The number of anilines is 1. The summed E-state index contributed by atoms with van der Waals surface area (Å²) in [7, 11) is 2.01. The minimum Gasteiger partial charge on any atom is -0.373 e. The van der Waals surface area contributed by atoms with Gasteiger partial charge in [0, 0.05) is 38.3 Å². The summed E-state index contributed by atoms with van der Waals surface area (Å²) < 4.78 is 0. The summed E-state index contributed by atoms with van der Waals surface area (Å²) in [6.07, 6.45) is 0.305. The second-order valence-electron chi connectivity index (χ2n) is 5.33. The number of amides is 1. The number of rotatable bonds is 7. The molecule has 0 aliphatic carbocycles. The van der Waals surface area contributed by atoms with Gasteiger partial charge in [-0.05, 0) is 17.7 Å². The quantitative estimate of drug-likeness (QED) is 0.787. The van der Waals surface area contributed by atoms with E-state index in [0.29, 0.717) is 13.0 Å². The number of benzene rings is 2. The van der Waals surface area contributed by atoms with E-state index < -0.39 is 0 Å². The van der Waals surface area contributed by atoms with E-state index in [9.17, 15) is 4.79 Å². The van der Waals surface area contributed by atoms with Crippen LogP contribution in [-0.4, -0.2) is 26.0 Å². The van der Waals surface area contributed by atoms with Gasteiger partial charge in [0.2, 0.25) is 5.91 Å². The summed E-state index contributed by atoms with van der Waals surface area (Å²) in [6, 6.07) is 19.5. The molecule has 3 N–H and O–H groups in total. The van der Waals surface area contributed by atoms with E-state index in [4.69, 9.17) is 5.73 Å². The van der Waals surface area contributed by atoms with E-state index >= 15 is 0 Å². The molecule has 0 aliphatic rings. The van der Waals surface area contributed by atoms with Crippen molar-refractivity contribution in [2.24, 2.45) is 5.73 Å². The third-order valence-corrected chi connectivity index (χ3v) is 3.60. The summed E-state index contributed by atoms with van der Waals surface area (Å²) in [5.41, 5.74) is 8.17. The number of likely N-dealkylation sites (N-methyl/N-ethyl adjacent to an activating group) is 1. The Labute approximate surface area is 156 Å². The third-order valence-electron chi connectivity index (χ3n) is 3.60. The number of carbonyl (C=O) groups is 1. The molecule has 1 amide bonds. The van der Waals surface area contributed by atoms with Gasteiger partial charge in [-0.25, -0.2) is 0 Å². The van der Waals surface area contributed by atoms with Crippen molar-refractivity contribution >= 4 is 36.4 Å². The fourth-order valence-electron chi connectivity index (χ4n) is 2.26. The Balaban J connectivity index is 0.00000264. The van der Waals surface area contributed by atoms with Crippen LogP contribution in [0.2, 0.25) is 0 Å². The molecule has 1 atom stereocenters. The maximum Gasteiger partial charge on any atom is 0.221 e. The molecule has 6 heteroatoms. The van der Waals surface area contributed by atoms with Crippen molar-refractivity contribution in [3.63, 3.8) is 0 Å². The molecule has 1 unspecified atom stereocenters. The second-order valence-corrected chi connectivity index (χ2v) is 5.33. The second kappa shape index (κ2) is 11.7. The average molecular weight is 370 g/mol. The largest absolute Gasteiger partial charge is 0.373 e. The lowest BCUT2D eigenvalue weighted by Crippen LogP contribution is -2.34. The lowest BCUT2D eigenvalue weighted by Gasteiger charge is -2.19. The van der Waals surface area contributed by atoms with Crippen LogP contribution in [0, 0.1) is 0 Å². The summed E-state index contributed by atoms with van der Waals surface area (Å²) in [4.78, 5) is 14.0. The van der Waals surface area contributed by atoms with Crippen LogP contribution >= 0.6 is 24.8 Å².